The lowest BCUT2D eigenvalue weighted by molar-refractivity contribution is 0.476. The van der Waals surface area contributed by atoms with Gasteiger partial charge in [0.25, 0.3) is 5.56 Å². The summed E-state index contributed by atoms with van der Waals surface area (Å²) in [5.74, 6) is 0.111. The van der Waals surface area contributed by atoms with Gasteiger partial charge in [0.15, 0.2) is 0 Å². The van der Waals surface area contributed by atoms with Gasteiger partial charge in [0.2, 0.25) is 0 Å². The summed E-state index contributed by atoms with van der Waals surface area (Å²) in [4.78, 5) is 12.8. The molecule has 0 fully saturated rings. The van der Waals surface area contributed by atoms with E-state index in [2.05, 4.69) is 0 Å². The molecule has 1 aromatic heterocycles. The van der Waals surface area contributed by atoms with E-state index in [1.54, 1.807) is 35.8 Å². The van der Waals surface area contributed by atoms with Gasteiger partial charge >= 0.3 is 0 Å². The van der Waals surface area contributed by atoms with E-state index in [1.165, 1.54) is 0 Å². The molecule has 0 saturated carbocycles. The van der Waals surface area contributed by atoms with Crippen molar-refractivity contribution in [2.24, 2.45) is 0 Å². The van der Waals surface area contributed by atoms with Gasteiger partial charge in [-0.05, 0) is 42.7 Å². The molecule has 0 aliphatic carbocycles. The van der Waals surface area contributed by atoms with E-state index < -0.39 is 0 Å². The maximum absolute atomic E-state index is 12.8. The maximum atomic E-state index is 12.8. The van der Waals surface area contributed by atoms with Gasteiger partial charge in [0.1, 0.15) is 17.4 Å². The maximum Gasteiger partial charge on any atom is 0.269 e. The van der Waals surface area contributed by atoms with Crippen LogP contribution in [0.3, 0.4) is 0 Å². The number of phenols is 1. The summed E-state index contributed by atoms with van der Waals surface area (Å²) in [6, 6.07) is 20.6. The minimum absolute atomic E-state index is 0.111. The molecule has 1 N–H and O–H groups in total. The average molecular weight is 330 g/mol. The Kier molecular flexibility index (Phi) is 4.67. The van der Waals surface area contributed by atoms with Crippen molar-refractivity contribution in [3.05, 3.63) is 87.7 Å². The summed E-state index contributed by atoms with van der Waals surface area (Å²) in [5.41, 5.74) is 2.75. The van der Waals surface area contributed by atoms with Gasteiger partial charge in [-0.1, -0.05) is 42.5 Å². The fraction of sp³-hybridized carbons (Fsp3) is 0.143. The summed E-state index contributed by atoms with van der Waals surface area (Å²) < 4.78 is 1.58. The third-order valence-electron chi connectivity index (χ3n) is 4.26. The first-order valence-corrected chi connectivity index (χ1v) is 8.08. The first-order chi connectivity index (χ1) is 12.1. The molecule has 25 heavy (non-hydrogen) atoms. The number of aromatic hydroxyl groups is 1. The van der Waals surface area contributed by atoms with Crippen LogP contribution in [0.15, 0.2) is 65.5 Å². The summed E-state index contributed by atoms with van der Waals surface area (Å²) in [7, 11) is 0. The van der Waals surface area contributed by atoms with Crippen LogP contribution >= 0.6 is 0 Å². The highest BCUT2D eigenvalue weighted by molar-refractivity contribution is 5.68. The summed E-state index contributed by atoms with van der Waals surface area (Å²) in [5, 5.41) is 19.5. The molecular formula is C21H18N2O2. The molecule has 0 spiro atoms. The number of hydrogen-bond donors (Lipinski definition) is 1. The van der Waals surface area contributed by atoms with E-state index in [9.17, 15) is 15.2 Å². The predicted octanol–water partition coefficient (Wildman–Crippen LogP) is 3.64. The Labute approximate surface area is 146 Å². The highest BCUT2D eigenvalue weighted by Gasteiger charge is 2.15. The molecule has 1 heterocycles. The number of para-hydroxylation sites is 1. The van der Waals surface area contributed by atoms with Crippen LogP contribution < -0.4 is 5.56 Å². The highest BCUT2D eigenvalue weighted by atomic mass is 16.3. The highest BCUT2D eigenvalue weighted by Crippen LogP contribution is 2.29. The molecule has 0 saturated heterocycles. The van der Waals surface area contributed by atoms with Crippen LogP contribution in [-0.4, -0.2) is 9.67 Å². The number of nitriles is 1. The minimum Gasteiger partial charge on any atom is -0.507 e. The summed E-state index contributed by atoms with van der Waals surface area (Å²) in [6.07, 6.45) is 0.662. The molecular weight excluding hydrogens is 312 g/mol. The van der Waals surface area contributed by atoms with E-state index in [0.29, 0.717) is 29.8 Å². The molecule has 0 unspecified atom stereocenters. The van der Waals surface area contributed by atoms with Crippen LogP contribution in [0.4, 0.5) is 0 Å². The second-order valence-electron chi connectivity index (χ2n) is 5.91. The fourth-order valence-electron chi connectivity index (χ4n) is 2.93. The van der Waals surface area contributed by atoms with Crippen LogP contribution in [0.5, 0.6) is 5.75 Å². The number of aromatic nitrogens is 1. The van der Waals surface area contributed by atoms with E-state index in [-0.39, 0.29) is 16.9 Å². The molecule has 3 aromatic rings. The molecule has 0 atom stereocenters. The van der Waals surface area contributed by atoms with E-state index in [4.69, 9.17) is 0 Å². The largest absolute Gasteiger partial charge is 0.507 e. The quantitative estimate of drug-likeness (QED) is 0.794. The van der Waals surface area contributed by atoms with E-state index in [1.807, 2.05) is 42.5 Å². The van der Waals surface area contributed by atoms with Crippen molar-refractivity contribution in [2.75, 3.05) is 0 Å². The monoisotopic (exact) mass is 330 g/mol. The first-order valence-electron chi connectivity index (χ1n) is 8.08. The van der Waals surface area contributed by atoms with Gasteiger partial charge in [-0.3, -0.25) is 4.79 Å². The molecule has 124 valence electrons. The Balaban J connectivity index is 2.13. The lowest BCUT2D eigenvalue weighted by atomic mass is 10.0. The van der Waals surface area contributed by atoms with Gasteiger partial charge < -0.3 is 9.67 Å². The third kappa shape index (κ3) is 3.31. The van der Waals surface area contributed by atoms with Crippen LogP contribution in [0, 0.1) is 18.3 Å². The molecule has 4 heteroatoms. The van der Waals surface area contributed by atoms with Crippen molar-refractivity contribution >= 4 is 0 Å². The van der Waals surface area contributed by atoms with Gasteiger partial charge in [-0.2, -0.15) is 5.26 Å². The number of phenolic OH excluding ortho intramolecular Hbond substituents is 1. The zero-order valence-electron chi connectivity index (χ0n) is 13.9. The Morgan fingerprint density at radius 1 is 1.08 bits per heavy atom. The zero-order valence-corrected chi connectivity index (χ0v) is 13.9. The lowest BCUT2D eigenvalue weighted by Crippen LogP contribution is -2.26. The number of rotatable bonds is 4. The molecule has 3 rings (SSSR count). The standard InChI is InChI=1S/C21H18N2O2/c1-15-13-19(17-9-5-6-10-20(17)24)23(21(25)18(15)14-22)12-11-16-7-3-2-4-8-16/h2-10,13,24H,11-12H2,1H3. The molecule has 2 aromatic carbocycles. The molecule has 0 aliphatic heterocycles. The first kappa shape index (κ1) is 16.5. The number of aryl methyl sites for hydroxylation is 2. The number of nitrogens with zero attached hydrogens (tertiary/aromatic N) is 2. The SMILES string of the molecule is Cc1cc(-c2ccccc2O)n(CCc2ccccc2)c(=O)c1C#N. The van der Waals surface area contributed by atoms with Gasteiger partial charge in [0.05, 0.1) is 5.69 Å². The minimum atomic E-state index is -0.323. The number of benzene rings is 2. The molecule has 4 nitrogen and oxygen atoms in total. The Bertz CT molecular complexity index is 999. The average Bonchev–Trinajstić information content (AvgIpc) is 2.62. The topological polar surface area (TPSA) is 66.0 Å². The summed E-state index contributed by atoms with van der Waals surface area (Å²) in [6.45, 7) is 2.17. The fourth-order valence-corrected chi connectivity index (χ4v) is 2.93. The van der Waals surface area contributed by atoms with Crippen LogP contribution in [0.2, 0.25) is 0 Å². The molecule has 0 amide bonds. The second-order valence-corrected chi connectivity index (χ2v) is 5.91. The van der Waals surface area contributed by atoms with E-state index in [0.717, 1.165) is 5.56 Å². The van der Waals surface area contributed by atoms with E-state index >= 15 is 0 Å². The molecule has 0 aliphatic rings. The van der Waals surface area contributed by atoms with Crippen molar-refractivity contribution in [2.45, 2.75) is 19.9 Å². The second kappa shape index (κ2) is 7.06. The number of pyridine rings is 1. The normalized spacial score (nSPS) is 10.4. The van der Waals surface area contributed by atoms with Crippen LogP contribution in [-0.2, 0) is 13.0 Å². The van der Waals surface area contributed by atoms with Crippen molar-refractivity contribution in [1.82, 2.24) is 4.57 Å². The Hall–Kier alpha value is -3.32. The molecule has 0 radical (unpaired) electrons. The Morgan fingerprint density at radius 3 is 2.44 bits per heavy atom. The van der Waals surface area contributed by atoms with Crippen molar-refractivity contribution < 1.29 is 5.11 Å². The van der Waals surface area contributed by atoms with Crippen LogP contribution in [0.1, 0.15) is 16.7 Å². The third-order valence-corrected chi connectivity index (χ3v) is 4.26. The van der Waals surface area contributed by atoms with Crippen molar-refractivity contribution in [3.63, 3.8) is 0 Å². The lowest BCUT2D eigenvalue weighted by Gasteiger charge is -2.16. The van der Waals surface area contributed by atoms with Crippen molar-refractivity contribution in [3.8, 4) is 23.1 Å². The molecule has 0 bridgehead atoms. The summed E-state index contributed by atoms with van der Waals surface area (Å²) >= 11 is 0. The Morgan fingerprint density at radius 2 is 1.76 bits per heavy atom. The van der Waals surface area contributed by atoms with Gasteiger partial charge in [-0.15, -0.1) is 0 Å². The van der Waals surface area contributed by atoms with Gasteiger partial charge in [0, 0.05) is 12.1 Å². The van der Waals surface area contributed by atoms with Crippen LogP contribution in [0.25, 0.3) is 11.3 Å². The predicted molar refractivity (Wildman–Crippen MR) is 97.4 cm³/mol. The number of hydrogen-bond acceptors (Lipinski definition) is 3. The smallest absolute Gasteiger partial charge is 0.269 e. The zero-order chi connectivity index (χ0) is 17.8. The van der Waals surface area contributed by atoms with Gasteiger partial charge in [-0.25, -0.2) is 0 Å². The van der Waals surface area contributed by atoms with Crippen molar-refractivity contribution in [1.29, 1.82) is 5.26 Å².